The van der Waals surface area contributed by atoms with Crippen molar-refractivity contribution in [1.82, 2.24) is 0 Å². The van der Waals surface area contributed by atoms with Gasteiger partial charge >= 0.3 is 22.6 Å². The minimum atomic E-state index is 0.178. The molecule has 1 atom stereocenters. The second kappa shape index (κ2) is 11.3. The number of halogens is 1. The van der Waals surface area contributed by atoms with Crippen molar-refractivity contribution in [1.29, 1.82) is 0 Å². The maximum absolute atomic E-state index is 5.76. The third-order valence-electron chi connectivity index (χ3n) is 5.71. The van der Waals surface area contributed by atoms with Crippen molar-refractivity contribution >= 4 is 13.9 Å². The van der Waals surface area contributed by atoms with Crippen molar-refractivity contribution in [3.05, 3.63) is 63.2 Å². The van der Waals surface area contributed by atoms with Crippen molar-refractivity contribution in [3.63, 3.8) is 0 Å². The quantitative estimate of drug-likeness (QED) is 0.303. The van der Waals surface area contributed by atoms with Crippen molar-refractivity contribution in [2.45, 2.75) is 39.5 Å². The van der Waals surface area contributed by atoms with E-state index in [4.69, 9.17) is 9.47 Å². The van der Waals surface area contributed by atoms with Crippen LogP contribution >= 0.6 is 8.58 Å². The monoisotopic (exact) mass is 548 g/mol. The Morgan fingerprint density at radius 1 is 0.871 bits per heavy atom. The Kier molecular flexibility index (Phi) is 8.80. The lowest BCUT2D eigenvalue weighted by Crippen LogP contribution is -3.34. The van der Waals surface area contributed by atoms with Gasteiger partial charge in [0.1, 0.15) is 0 Å². The van der Waals surface area contributed by atoms with E-state index in [1.54, 1.807) is 14.2 Å². The minimum absolute atomic E-state index is 0.178. The smallest absolute Gasteiger partial charge is 0.301 e. The lowest BCUT2D eigenvalue weighted by molar-refractivity contribution is -0.329. The second-order valence-corrected chi connectivity index (χ2v) is 10.1. The Balaban J connectivity index is 2.42. The molecular formula is C27H34IO2P+2. The van der Waals surface area contributed by atoms with E-state index >= 15 is 0 Å². The highest BCUT2D eigenvalue weighted by molar-refractivity contribution is 7.46. The second-order valence-electron chi connectivity index (χ2n) is 7.69. The Bertz CT molecular complexity index is 1030. The van der Waals surface area contributed by atoms with Crippen molar-refractivity contribution in [2.24, 2.45) is 0 Å². The molecule has 0 N–H and O–H groups in total. The molecule has 0 aromatic heterocycles. The molecule has 0 saturated carbocycles. The summed E-state index contributed by atoms with van der Waals surface area (Å²) >= 11 is 2.07. The van der Waals surface area contributed by atoms with Crippen LogP contribution in [0.25, 0.3) is 22.3 Å². The first-order valence-electron chi connectivity index (χ1n) is 11.1. The molecule has 0 aliphatic carbocycles. The fourth-order valence-corrected chi connectivity index (χ4v) is 6.39. The first-order chi connectivity index (χ1) is 15.1. The Morgan fingerprint density at radius 2 is 1.58 bits per heavy atom. The van der Waals surface area contributed by atoms with Crippen LogP contribution in [-0.2, 0) is 12.8 Å². The zero-order valence-electron chi connectivity index (χ0n) is 19.2. The van der Waals surface area contributed by atoms with E-state index in [1.165, 1.54) is 38.7 Å². The van der Waals surface area contributed by atoms with E-state index in [0.717, 1.165) is 40.8 Å². The average Bonchev–Trinajstić information content (AvgIpc) is 2.80. The molecule has 0 aliphatic rings. The molecule has 0 radical (unpaired) electrons. The highest BCUT2D eigenvalue weighted by Gasteiger charge is 2.28. The van der Waals surface area contributed by atoms with Crippen molar-refractivity contribution < 1.29 is 32.1 Å². The number of methoxy groups -OCH3 is 2. The summed E-state index contributed by atoms with van der Waals surface area (Å²) < 4.78 is 12.5. The van der Waals surface area contributed by atoms with Gasteiger partial charge in [-0.25, -0.2) is 0 Å². The van der Waals surface area contributed by atoms with E-state index in [1.807, 2.05) is 0 Å². The fraction of sp³-hybridized carbons (Fsp3) is 0.333. The summed E-state index contributed by atoms with van der Waals surface area (Å²) in [6, 6.07) is 17.7. The molecule has 0 saturated heterocycles. The van der Waals surface area contributed by atoms with E-state index in [-0.39, 0.29) is 8.58 Å². The predicted octanol–water partition coefficient (Wildman–Crippen LogP) is 3.06. The number of benzene rings is 3. The summed E-state index contributed by atoms with van der Waals surface area (Å²) in [7, 11) is 3.61. The van der Waals surface area contributed by atoms with Crippen LogP contribution in [0.4, 0.5) is 0 Å². The molecule has 3 rings (SSSR count). The molecule has 1 unspecified atom stereocenters. The van der Waals surface area contributed by atoms with Gasteiger partial charge in [0.05, 0.1) is 19.5 Å². The van der Waals surface area contributed by atoms with Crippen LogP contribution in [0.2, 0.25) is 0 Å². The van der Waals surface area contributed by atoms with Crippen molar-refractivity contribution in [2.75, 3.05) is 20.9 Å². The van der Waals surface area contributed by atoms with Crippen LogP contribution in [0.5, 0.6) is 11.5 Å². The van der Waals surface area contributed by atoms with Gasteiger partial charge in [-0.2, -0.15) is 0 Å². The molecule has 0 fully saturated rings. The van der Waals surface area contributed by atoms with Crippen LogP contribution in [0.15, 0.2) is 48.5 Å². The van der Waals surface area contributed by atoms with Gasteiger partial charge in [0, 0.05) is 26.4 Å². The normalized spacial score (nSPS) is 11.3. The van der Waals surface area contributed by atoms with Gasteiger partial charge in [0.15, 0.2) is 5.75 Å². The molecule has 3 aromatic rings. The van der Waals surface area contributed by atoms with E-state index in [9.17, 15) is 0 Å². The fourth-order valence-electron chi connectivity index (χ4n) is 4.40. The van der Waals surface area contributed by atoms with Gasteiger partial charge in [-0.3, -0.25) is 0 Å². The van der Waals surface area contributed by atoms with Crippen LogP contribution in [0.1, 0.15) is 37.8 Å². The van der Waals surface area contributed by atoms with E-state index in [0.29, 0.717) is 0 Å². The molecule has 0 aliphatic heterocycles. The van der Waals surface area contributed by atoms with Crippen LogP contribution in [-0.4, -0.2) is 20.9 Å². The predicted molar refractivity (Wildman–Crippen MR) is 134 cm³/mol. The van der Waals surface area contributed by atoms with Gasteiger partial charge in [-0.1, -0.05) is 57.0 Å². The standard InChI is InChI=1S/C27H33IO2P/c1-6-11-19-17-23(31-5)25(21-15-16-22(29-3)27(30-4)26(21)28)20(12-7-2)24(19)18-13-9-8-10-14-18/h8-10,13-17,28,31H,6-7,11-12H2,1-5H3/q+1/p+1. The number of hydrogen-bond donors (Lipinski definition) is 0. The molecule has 3 aromatic carbocycles. The summed E-state index contributed by atoms with van der Waals surface area (Å²) in [5.41, 5.74) is 8.43. The summed E-state index contributed by atoms with van der Waals surface area (Å²) in [4.78, 5) is 0. The van der Waals surface area contributed by atoms with Gasteiger partial charge < -0.3 is 9.47 Å². The maximum Gasteiger partial charge on any atom is 0.301 e. The molecule has 31 heavy (non-hydrogen) atoms. The number of ether oxygens (including phenoxy) is 2. The molecule has 2 nitrogen and oxygen atoms in total. The first-order valence-corrected chi connectivity index (χ1v) is 14.0. The lowest BCUT2D eigenvalue weighted by atomic mass is 9.85. The molecule has 0 spiro atoms. The minimum Gasteiger partial charge on any atom is -0.493 e. The van der Waals surface area contributed by atoms with E-state index in [2.05, 4.69) is 91.6 Å². The SMILES string of the molecule is CCCc1cc([PH2+]C)c(-c2ccc(OC)c(OC)c2[IH+])c(CCC)c1-c1ccccc1. The first kappa shape index (κ1) is 24.1. The van der Waals surface area contributed by atoms with Crippen LogP contribution < -0.4 is 37.4 Å². The summed E-state index contributed by atoms with van der Waals surface area (Å²) in [5, 5.41) is 1.50. The molecule has 0 amide bonds. The van der Waals surface area contributed by atoms with Gasteiger partial charge in [-0.15, -0.1) is 0 Å². The van der Waals surface area contributed by atoms with Gasteiger partial charge in [-0.05, 0) is 53.3 Å². The molecular weight excluding hydrogens is 514 g/mol. The number of aryl methyl sites for hydroxylation is 1. The summed E-state index contributed by atoms with van der Waals surface area (Å²) in [6.45, 7) is 6.91. The van der Waals surface area contributed by atoms with Crippen LogP contribution in [0, 0.1) is 3.57 Å². The van der Waals surface area contributed by atoms with Gasteiger partial charge in [0.25, 0.3) is 0 Å². The Hall–Kier alpha value is -1.58. The summed E-state index contributed by atoms with van der Waals surface area (Å²) in [5.74, 6) is 1.63. The number of rotatable bonds is 9. The number of hydrogen-bond acceptors (Lipinski definition) is 2. The Morgan fingerprint density at radius 3 is 2.16 bits per heavy atom. The topological polar surface area (TPSA) is 18.5 Å². The summed E-state index contributed by atoms with van der Waals surface area (Å²) in [6.07, 6.45) is 4.45. The zero-order chi connectivity index (χ0) is 22.4. The lowest BCUT2D eigenvalue weighted by Gasteiger charge is -2.21. The molecule has 4 heteroatoms. The highest BCUT2D eigenvalue weighted by Crippen LogP contribution is 2.40. The van der Waals surface area contributed by atoms with Crippen molar-refractivity contribution in [3.8, 4) is 33.8 Å². The largest absolute Gasteiger partial charge is 0.493 e. The van der Waals surface area contributed by atoms with Gasteiger partial charge in [0.2, 0.25) is 9.32 Å². The van der Waals surface area contributed by atoms with E-state index < -0.39 is 0 Å². The molecule has 164 valence electrons. The third kappa shape index (κ3) is 4.93. The zero-order valence-corrected chi connectivity index (χ0v) is 22.7. The Labute approximate surface area is 202 Å². The average molecular weight is 548 g/mol. The van der Waals surface area contributed by atoms with Crippen LogP contribution in [0.3, 0.4) is 0 Å². The molecule has 0 bridgehead atoms. The highest BCUT2D eigenvalue weighted by atomic mass is 127. The third-order valence-corrected chi connectivity index (χ3v) is 7.94. The molecule has 0 heterocycles. The maximum atomic E-state index is 5.76.